The number of rotatable bonds is 3. The molecule has 90 valence electrons. The molecule has 0 aromatic heterocycles. The third kappa shape index (κ3) is 115. The van der Waals surface area contributed by atoms with E-state index < -0.39 is 0 Å². The monoisotopic (exact) mass is 714 g/mol. The van der Waals surface area contributed by atoms with Gasteiger partial charge in [-0.1, -0.05) is 20.8 Å². The summed E-state index contributed by atoms with van der Waals surface area (Å²) < 4.78 is 0. The second-order valence-electron chi connectivity index (χ2n) is 1.94. The van der Waals surface area contributed by atoms with Gasteiger partial charge in [0.2, 0.25) is 0 Å². The Balaban J connectivity index is -0.0000000189. The van der Waals surface area contributed by atoms with Crippen molar-refractivity contribution in [3.63, 3.8) is 0 Å². The van der Waals surface area contributed by atoms with E-state index in [9.17, 15) is 0 Å². The molecule has 0 aromatic rings. The first kappa shape index (κ1) is 36.0. The van der Waals surface area contributed by atoms with E-state index in [0.717, 1.165) is 19.6 Å². The van der Waals surface area contributed by atoms with Gasteiger partial charge in [0.25, 0.3) is 0 Å². The van der Waals surface area contributed by atoms with Gasteiger partial charge in [0.05, 0.1) is 0 Å². The van der Waals surface area contributed by atoms with Gasteiger partial charge < -0.3 is 16.0 Å². The Morgan fingerprint density at radius 3 is 0.867 bits per heavy atom. The van der Waals surface area contributed by atoms with E-state index in [1.165, 1.54) is 0 Å². The van der Waals surface area contributed by atoms with Crippen molar-refractivity contribution in [2.75, 3.05) is 40.8 Å². The van der Waals surface area contributed by atoms with Crippen molar-refractivity contribution < 1.29 is 77.5 Å². The van der Waals surface area contributed by atoms with Crippen LogP contribution in [0.25, 0.3) is 16.0 Å². The molecule has 0 saturated carbocycles. The minimum absolute atomic E-state index is 0. The Bertz CT molecular complexity index is 47.6. The van der Waals surface area contributed by atoms with E-state index in [4.69, 9.17) is 0 Å². The van der Waals surface area contributed by atoms with E-state index in [2.05, 4.69) is 16.0 Å². The van der Waals surface area contributed by atoms with E-state index in [1.807, 2.05) is 20.8 Å². The summed E-state index contributed by atoms with van der Waals surface area (Å²) in [4.78, 5) is 0. The summed E-state index contributed by atoms with van der Waals surface area (Å²) in [6, 6.07) is 0. The van der Waals surface area contributed by atoms with Gasteiger partial charge in [-0.05, 0) is 0 Å². The first-order valence-corrected chi connectivity index (χ1v) is 4.41. The Kier molecular flexibility index (Phi) is 132. The fourth-order valence-corrected chi connectivity index (χ4v) is 0.224. The van der Waals surface area contributed by atoms with Crippen LogP contribution in [-0.4, -0.2) is 40.8 Å². The molecule has 0 aliphatic heterocycles. The number of nitrogens with zero attached hydrogens (tertiary/aromatic N) is 3. The zero-order valence-corrected chi connectivity index (χ0v) is 21.7. The molecule has 3 nitrogen and oxygen atoms in total. The smallest absolute Gasteiger partial charge is 0 e. The molecule has 0 spiro atoms. The van der Waals surface area contributed by atoms with Crippen LogP contribution < -0.4 is 0 Å². The molecule has 6 heteroatoms. The molecule has 0 radical (unpaired) electrons. The first-order valence-electron chi connectivity index (χ1n) is 4.41. The van der Waals surface area contributed by atoms with E-state index in [0.29, 0.717) is 0 Å². The van der Waals surface area contributed by atoms with Crippen LogP contribution in [0.4, 0.5) is 0 Å². The maximum atomic E-state index is 3.97. The second kappa shape index (κ2) is 54.9. The van der Waals surface area contributed by atoms with Gasteiger partial charge in [-0.15, -0.1) is 0 Å². The molecular formula is C9H24Hf3N3-3. The zero-order valence-electron chi connectivity index (χ0n) is 11.0. The van der Waals surface area contributed by atoms with Crippen molar-refractivity contribution in [1.29, 1.82) is 0 Å². The van der Waals surface area contributed by atoms with Crippen LogP contribution in [0.1, 0.15) is 20.8 Å². The molecule has 0 amide bonds. The largest absolute Gasteiger partial charge is 0.668 e. The summed E-state index contributed by atoms with van der Waals surface area (Å²) in [5.41, 5.74) is 0. The van der Waals surface area contributed by atoms with Gasteiger partial charge in [0.15, 0.2) is 0 Å². The molecule has 0 bridgehead atoms. The fraction of sp³-hybridized carbons (Fsp3) is 1.00. The molecule has 15 heavy (non-hydrogen) atoms. The van der Waals surface area contributed by atoms with Crippen LogP contribution in [0.5, 0.6) is 0 Å². The molecule has 0 rings (SSSR count). The molecule has 0 atom stereocenters. The van der Waals surface area contributed by atoms with Crippen LogP contribution in [0.3, 0.4) is 0 Å². The van der Waals surface area contributed by atoms with Gasteiger partial charge in [0, 0.05) is 77.5 Å². The third-order valence-corrected chi connectivity index (χ3v) is 0.763. The average molecular weight is 710 g/mol. The summed E-state index contributed by atoms with van der Waals surface area (Å²) in [6.45, 7) is 8.99. The zero-order chi connectivity index (χ0) is 10.2. The van der Waals surface area contributed by atoms with Crippen molar-refractivity contribution in [3.8, 4) is 0 Å². The summed E-state index contributed by atoms with van der Waals surface area (Å²) in [5.74, 6) is 0. The molecule has 0 unspecified atom stereocenters. The number of hydrogen-bond donors (Lipinski definition) is 0. The fourth-order valence-electron chi connectivity index (χ4n) is 0.224. The maximum absolute atomic E-state index is 3.97. The Morgan fingerprint density at radius 1 is 0.667 bits per heavy atom. The van der Waals surface area contributed by atoms with Crippen molar-refractivity contribution in [2.24, 2.45) is 0 Å². The SMILES string of the molecule is CC[N-]C.CC[N-]CC.C[N-]C.[Hf].[Hf].[Hf]. The molecule has 0 heterocycles. The summed E-state index contributed by atoms with van der Waals surface area (Å²) in [6.07, 6.45) is 0. The van der Waals surface area contributed by atoms with Crippen molar-refractivity contribution >= 4 is 0 Å². The third-order valence-electron chi connectivity index (χ3n) is 0.763. The quantitative estimate of drug-likeness (QED) is 0.405. The average Bonchev–Trinajstić information content (AvgIpc) is 2.08. The van der Waals surface area contributed by atoms with Gasteiger partial charge in [-0.2, -0.15) is 40.8 Å². The number of hydrogen-bond acceptors (Lipinski definition) is 0. The Morgan fingerprint density at radius 2 is 0.867 bits per heavy atom. The minimum atomic E-state index is 0. The van der Waals surface area contributed by atoms with Crippen molar-refractivity contribution in [1.82, 2.24) is 0 Å². The topological polar surface area (TPSA) is 42.3 Å². The standard InChI is InChI=1S/C4H10N.C3H8N.C2H6N.3Hf/c1-3-5-4-2;1-3-4-2;1-3-2;;;/h3-4H2,1-2H3;3H2,1-2H3;1-2H3;;;/q3*-1;;;. The van der Waals surface area contributed by atoms with E-state index in [1.54, 1.807) is 21.1 Å². The van der Waals surface area contributed by atoms with Crippen LogP contribution in [-0.2, 0) is 77.5 Å². The molecule has 0 fully saturated rings. The van der Waals surface area contributed by atoms with Crippen molar-refractivity contribution in [2.45, 2.75) is 20.8 Å². The van der Waals surface area contributed by atoms with E-state index >= 15 is 0 Å². The Labute approximate surface area is 153 Å². The molecule has 0 saturated heterocycles. The predicted molar refractivity (Wildman–Crippen MR) is 59.5 cm³/mol. The Hall–Kier alpha value is 2.49. The molecular weight excluding hydrogens is 686 g/mol. The van der Waals surface area contributed by atoms with Crippen LogP contribution in [0.15, 0.2) is 0 Å². The first-order chi connectivity index (χ1) is 5.74. The second-order valence-corrected chi connectivity index (χ2v) is 1.94. The predicted octanol–water partition coefficient (Wildman–Crippen LogP) is 3.02. The molecule has 0 aromatic carbocycles. The molecule has 0 aliphatic carbocycles. The summed E-state index contributed by atoms with van der Waals surface area (Å²) in [7, 11) is 5.31. The van der Waals surface area contributed by atoms with Gasteiger partial charge in [-0.3, -0.25) is 0 Å². The van der Waals surface area contributed by atoms with Crippen LogP contribution >= 0.6 is 0 Å². The van der Waals surface area contributed by atoms with Crippen LogP contribution in [0.2, 0.25) is 0 Å². The van der Waals surface area contributed by atoms with Gasteiger partial charge >= 0.3 is 0 Å². The van der Waals surface area contributed by atoms with E-state index in [-0.39, 0.29) is 77.5 Å². The minimum Gasteiger partial charge on any atom is -0.668 e. The van der Waals surface area contributed by atoms with Gasteiger partial charge in [-0.25, -0.2) is 0 Å². The van der Waals surface area contributed by atoms with Gasteiger partial charge in [0.1, 0.15) is 0 Å². The maximum Gasteiger partial charge on any atom is 0 e. The summed E-state index contributed by atoms with van der Waals surface area (Å²) in [5, 5.41) is 11.2. The molecule has 0 aliphatic rings. The molecule has 0 N–H and O–H groups in total. The van der Waals surface area contributed by atoms with Crippen molar-refractivity contribution in [3.05, 3.63) is 16.0 Å². The summed E-state index contributed by atoms with van der Waals surface area (Å²) >= 11 is 0. The van der Waals surface area contributed by atoms with Crippen LogP contribution in [0, 0.1) is 0 Å². The normalized spacial score (nSPS) is 6.00.